The average Bonchev–Trinajstić information content (AvgIpc) is 3.06. The van der Waals surface area contributed by atoms with Gasteiger partial charge < -0.3 is 14.5 Å². The van der Waals surface area contributed by atoms with Gasteiger partial charge in [-0.1, -0.05) is 0 Å². The number of aromatic nitrogens is 1. The third kappa shape index (κ3) is 3.66. The minimum Gasteiger partial charge on any atom is -0.465 e. The number of hydrogen-bond acceptors (Lipinski definition) is 7. The Bertz CT molecular complexity index is 777. The third-order valence-corrected chi connectivity index (χ3v) is 4.19. The maximum atomic E-state index is 12.5. The van der Waals surface area contributed by atoms with Crippen molar-refractivity contribution in [2.24, 2.45) is 0 Å². The zero-order valence-electron chi connectivity index (χ0n) is 15.0. The molecule has 26 heavy (non-hydrogen) atoms. The number of amides is 2. The minimum atomic E-state index is -1.16. The standard InChI is InChI=1S/C17H20N2O7/c1-8-14(17(24)25-4)9(2)18-15(8)16(23)10(3)26-13(22)7-19-11(20)5-6-12(19)21/h10,18H,5-7H2,1-4H3. The van der Waals surface area contributed by atoms with Gasteiger partial charge in [-0.05, 0) is 26.3 Å². The van der Waals surface area contributed by atoms with Crippen LogP contribution in [0.2, 0.25) is 0 Å². The molecule has 1 aliphatic heterocycles. The Hall–Kier alpha value is -2.97. The normalized spacial score (nSPS) is 15.2. The average molecular weight is 364 g/mol. The maximum absolute atomic E-state index is 12.5. The highest BCUT2D eigenvalue weighted by Gasteiger charge is 2.32. The molecular formula is C17H20N2O7. The lowest BCUT2D eigenvalue weighted by atomic mass is 10.1. The van der Waals surface area contributed by atoms with Gasteiger partial charge in [0.1, 0.15) is 6.54 Å². The second-order valence-electron chi connectivity index (χ2n) is 5.99. The molecule has 1 aromatic rings. The number of nitrogens with zero attached hydrogens (tertiary/aromatic N) is 1. The van der Waals surface area contributed by atoms with Crippen molar-refractivity contribution in [3.8, 4) is 0 Å². The lowest BCUT2D eigenvalue weighted by molar-refractivity contribution is -0.154. The molecular weight excluding hydrogens is 344 g/mol. The van der Waals surface area contributed by atoms with Crippen molar-refractivity contribution < 1.29 is 33.4 Å². The molecule has 1 saturated heterocycles. The number of Topliss-reactive ketones (excluding diaryl/α,β-unsaturated/α-hetero) is 1. The van der Waals surface area contributed by atoms with Gasteiger partial charge in [-0.25, -0.2) is 4.79 Å². The number of hydrogen-bond donors (Lipinski definition) is 1. The largest absolute Gasteiger partial charge is 0.465 e. The van der Waals surface area contributed by atoms with Gasteiger partial charge >= 0.3 is 11.9 Å². The van der Waals surface area contributed by atoms with E-state index in [0.29, 0.717) is 11.3 Å². The predicted molar refractivity (Wildman–Crippen MR) is 87.4 cm³/mol. The van der Waals surface area contributed by atoms with Gasteiger partial charge in [0.25, 0.3) is 0 Å². The highest BCUT2D eigenvalue weighted by atomic mass is 16.5. The zero-order valence-corrected chi connectivity index (χ0v) is 15.0. The number of esters is 2. The highest BCUT2D eigenvalue weighted by Crippen LogP contribution is 2.21. The van der Waals surface area contributed by atoms with Crippen LogP contribution in [0.4, 0.5) is 0 Å². The predicted octanol–water partition coefficient (Wildman–Crippen LogP) is 0.682. The molecule has 0 saturated carbocycles. The quantitative estimate of drug-likeness (QED) is 0.447. The number of carbonyl (C=O) groups excluding carboxylic acids is 5. The van der Waals surface area contributed by atoms with Crippen molar-refractivity contribution in [1.29, 1.82) is 0 Å². The van der Waals surface area contributed by atoms with Gasteiger partial charge in [0.05, 0.1) is 18.4 Å². The highest BCUT2D eigenvalue weighted by molar-refractivity contribution is 6.05. The Kier molecular flexibility index (Phi) is 5.59. The Balaban J connectivity index is 2.08. The van der Waals surface area contributed by atoms with E-state index < -0.39 is 42.2 Å². The van der Waals surface area contributed by atoms with E-state index in [2.05, 4.69) is 9.72 Å². The molecule has 2 rings (SSSR count). The summed E-state index contributed by atoms with van der Waals surface area (Å²) in [6, 6.07) is 0. The van der Waals surface area contributed by atoms with Crippen LogP contribution in [0.15, 0.2) is 0 Å². The van der Waals surface area contributed by atoms with E-state index in [1.807, 2.05) is 0 Å². The van der Waals surface area contributed by atoms with E-state index >= 15 is 0 Å². The van der Waals surface area contributed by atoms with Gasteiger partial charge in [0.15, 0.2) is 6.10 Å². The van der Waals surface area contributed by atoms with E-state index in [9.17, 15) is 24.0 Å². The second kappa shape index (κ2) is 7.51. The molecule has 1 atom stereocenters. The van der Waals surface area contributed by atoms with E-state index in [-0.39, 0.29) is 24.1 Å². The number of imide groups is 1. The summed E-state index contributed by atoms with van der Waals surface area (Å²) >= 11 is 0. The van der Waals surface area contributed by atoms with Crippen LogP contribution in [-0.2, 0) is 23.9 Å². The molecule has 0 aliphatic carbocycles. The van der Waals surface area contributed by atoms with Crippen molar-refractivity contribution in [3.63, 3.8) is 0 Å². The number of carbonyl (C=O) groups is 5. The number of H-pyrrole nitrogens is 1. The number of ketones is 1. The van der Waals surface area contributed by atoms with Crippen molar-refractivity contribution in [1.82, 2.24) is 9.88 Å². The fourth-order valence-corrected chi connectivity index (χ4v) is 2.82. The van der Waals surface area contributed by atoms with Crippen LogP contribution in [0.1, 0.15) is 51.9 Å². The molecule has 1 aromatic heterocycles. The summed E-state index contributed by atoms with van der Waals surface area (Å²) in [5.74, 6) is -2.85. The second-order valence-corrected chi connectivity index (χ2v) is 5.99. The first kappa shape index (κ1) is 19.4. The van der Waals surface area contributed by atoms with Gasteiger partial charge in [-0.2, -0.15) is 0 Å². The lowest BCUT2D eigenvalue weighted by Crippen LogP contribution is -2.37. The molecule has 2 amide bonds. The van der Waals surface area contributed by atoms with Crippen molar-refractivity contribution in [2.45, 2.75) is 39.7 Å². The van der Waals surface area contributed by atoms with Crippen LogP contribution in [0.5, 0.6) is 0 Å². The number of aryl methyl sites for hydroxylation is 1. The van der Waals surface area contributed by atoms with E-state index in [1.54, 1.807) is 13.8 Å². The summed E-state index contributed by atoms with van der Waals surface area (Å²) in [5.41, 5.74) is 1.25. The Morgan fingerprint density at radius 2 is 1.73 bits per heavy atom. The van der Waals surface area contributed by atoms with Gasteiger partial charge in [0, 0.05) is 18.5 Å². The molecule has 140 valence electrons. The lowest BCUT2D eigenvalue weighted by Gasteiger charge is -2.16. The molecule has 0 aromatic carbocycles. The molecule has 9 nitrogen and oxygen atoms in total. The summed E-state index contributed by atoms with van der Waals surface area (Å²) in [7, 11) is 1.24. The Labute approximate surface area is 149 Å². The minimum absolute atomic E-state index is 0.0673. The fourth-order valence-electron chi connectivity index (χ4n) is 2.82. The van der Waals surface area contributed by atoms with E-state index in [4.69, 9.17) is 4.74 Å². The number of nitrogens with one attached hydrogen (secondary N) is 1. The summed E-state index contributed by atoms with van der Waals surface area (Å²) in [6.45, 7) is 4.06. The van der Waals surface area contributed by atoms with Crippen LogP contribution < -0.4 is 0 Å². The molecule has 2 heterocycles. The summed E-state index contributed by atoms with van der Waals surface area (Å²) in [4.78, 5) is 62.9. The van der Waals surface area contributed by atoms with E-state index in [1.165, 1.54) is 14.0 Å². The number of aromatic amines is 1. The fraction of sp³-hybridized carbons (Fsp3) is 0.471. The van der Waals surface area contributed by atoms with E-state index in [0.717, 1.165) is 4.90 Å². The molecule has 0 bridgehead atoms. The van der Waals surface area contributed by atoms with Crippen LogP contribution >= 0.6 is 0 Å². The summed E-state index contributed by atoms with van der Waals surface area (Å²) < 4.78 is 9.73. The molecule has 1 N–H and O–H groups in total. The number of ether oxygens (including phenoxy) is 2. The Morgan fingerprint density at radius 3 is 2.27 bits per heavy atom. The van der Waals surface area contributed by atoms with Gasteiger partial charge in [-0.15, -0.1) is 0 Å². The SMILES string of the molecule is COC(=O)c1c(C)[nH]c(C(=O)C(C)OC(=O)CN2C(=O)CCC2=O)c1C. The Morgan fingerprint density at radius 1 is 1.15 bits per heavy atom. The summed E-state index contributed by atoms with van der Waals surface area (Å²) in [6.07, 6.45) is -1.02. The smallest absolute Gasteiger partial charge is 0.339 e. The molecule has 9 heteroatoms. The number of rotatable bonds is 6. The van der Waals surface area contributed by atoms with Crippen LogP contribution in [0.25, 0.3) is 0 Å². The first-order chi connectivity index (χ1) is 12.2. The van der Waals surface area contributed by atoms with Gasteiger partial charge in [-0.3, -0.25) is 24.1 Å². The topological polar surface area (TPSA) is 123 Å². The van der Waals surface area contributed by atoms with Crippen molar-refractivity contribution >= 4 is 29.5 Å². The summed E-state index contributed by atoms with van der Waals surface area (Å²) in [5, 5.41) is 0. The molecule has 0 spiro atoms. The molecule has 1 fully saturated rings. The van der Waals surface area contributed by atoms with Gasteiger partial charge in [0.2, 0.25) is 17.6 Å². The van der Waals surface area contributed by atoms with Crippen molar-refractivity contribution in [2.75, 3.05) is 13.7 Å². The number of methoxy groups -OCH3 is 1. The first-order valence-corrected chi connectivity index (χ1v) is 8.01. The zero-order chi connectivity index (χ0) is 19.6. The van der Waals surface area contributed by atoms with Crippen molar-refractivity contribution in [3.05, 3.63) is 22.5 Å². The monoisotopic (exact) mass is 364 g/mol. The third-order valence-electron chi connectivity index (χ3n) is 4.19. The maximum Gasteiger partial charge on any atom is 0.339 e. The molecule has 0 radical (unpaired) electrons. The van der Waals surface area contributed by atoms with Crippen LogP contribution in [0, 0.1) is 13.8 Å². The molecule has 1 unspecified atom stereocenters. The first-order valence-electron chi connectivity index (χ1n) is 8.01. The van der Waals surface area contributed by atoms with Crippen LogP contribution in [-0.4, -0.2) is 59.2 Å². The molecule has 1 aliphatic rings. The van der Waals surface area contributed by atoms with Crippen LogP contribution in [0.3, 0.4) is 0 Å². The number of likely N-dealkylation sites (tertiary alicyclic amines) is 1.